The van der Waals surface area contributed by atoms with Crippen LogP contribution in [0.5, 0.6) is 0 Å². The summed E-state index contributed by atoms with van der Waals surface area (Å²) in [4.78, 5) is 16.0. The van der Waals surface area contributed by atoms with Crippen molar-refractivity contribution in [2.45, 2.75) is 18.9 Å². The van der Waals surface area contributed by atoms with E-state index in [9.17, 15) is 18.0 Å². The van der Waals surface area contributed by atoms with Gasteiger partial charge in [0.05, 0.1) is 0 Å². The van der Waals surface area contributed by atoms with Gasteiger partial charge in [0.1, 0.15) is 0 Å². The Kier molecular flexibility index (Phi) is 3.41. The Morgan fingerprint density at radius 1 is 1.00 bits per heavy atom. The van der Waals surface area contributed by atoms with Gasteiger partial charge in [0.2, 0.25) is 0 Å². The number of rotatable bonds is 2. The zero-order chi connectivity index (χ0) is 14.3. The summed E-state index contributed by atoms with van der Waals surface area (Å²) in [5, 5.41) is 0. The molecule has 3 rings (SSSR count). The first-order valence-corrected chi connectivity index (χ1v) is 6.74. The fraction of sp³-hybridized carbons (Fsp3) is 0.500. The van der Waals surface area contributed by atoms with Crippen LogP contribution in [0, 0.1) is 17.5 Å². The number of carbonyl (C=O) groups is 1. The molecule has 0 unspecified atom stereocenters. The second kappa shape index (κ2) is 5.09. The zero-order valence-corrected chi connectivity index (χ0v) is 10.9. The molecular weight excluding hydrogens is 269 g/mol. The molecule has 6 heteroatoms. The molecule has 20 heavy (non-hydrogen) atoms. The van der Waals surface area contributed by atoms with Gasteiger partial charge in [-0.25, -0.2) is 13.2 Å². The SMILES string of the molecule is O=C(c1cc(F)c(F)c(F)c1)N1CCN(C2CC2)CC1. The summed E-state index contributed by atoms with van der Waals surface area (Å²) in [6, 6.07) is 2.16. The van der Waals surface area contributed by atoms with E-state index in [-0.39, 0.29) is 5.56 Å². The third kappa shape index (κ3) is 2.52. The standard InChI is InChI=1S/C14H15F3N2O/c15-11-7-9(8-12(16)13(11)17)14(20)19-5-3-18(4-6-19)10-1-2-10/h7-8,10H,1-6H2. The summed E-state index contributed by atoms with van der Waals surface area (Å²) >= 11 is 0. The van der Waals surface area contributed by atoms with Crippen molar-refractivity contribution in [2.75, 3.05) is 26.2 Å². The fourth-order valence-corrected chi connectivity index (χ4v) is 2.59. The van der Waals surface area contributed by atoms with Gasteiger partial charge in [-0.1, -0.05) is 0 Å². The Labute approximate surface area is 115 Å². The third-order valence-electron chi connectivity index (χ3n) is 3.90. The van der Waals surface area contributed by atoms with Gasteiger partial charge in [-0.15, -0.1) is 0 Å². The maximum Gasteiger partial charge on any atom is 0.254 e. The molecule has 1 saturated heterocycles. The van der Waals surface area contributed by atoms with Crippen molar-refractivity contribution in [1.29, 1.82) is 0 Å². The van der Waals surface area contributed by atoms with Gasteiger partial charge in [0.15, 0.2) is 17.5 Å². The van der Waals surface area contributed by atoms with E-state index in [1.165, 1.54) is 12.8 Å². The molecule has 2 aliphatic rings. The number of carbonyl (C=O) groups excluding carboxylic acids is 1. The Balaban J connectivity index is 1.70. The molecule has 0 spiro atoms. The number of nitrogens with zero attached hydrogens (tertiary/aromatic N) is 2. The number of hydrogen-bond donors (Lipinski definition) is 0. The Hall–Kier alpha value is -1.56. The lowest BCUT2D eigenvalue weighted by Crippen LogP contribution is -2.49. The minimum absolute atomic E-state index is 0.138. The van der Waals surface area contributed by atoms with Crippen LogP contribution >= 0.6 is 0 Å². The summed E-state index contributed by atoms with van der Waals surface area (Å²) in [5.74, 6) is -4.65. The van der Waals surface area contributed by atoms with E-state index in [0.717, 1.165) is 25.2 Å². The molecule has 1 aromatic carbocycles. The van der Waals surface area contributed by atoms with E-state index in [4.69, 9.17) is 0 Å². The van der Waals surface area contributed by atoms with Crippen LogP contribution in [0.15, 0.2) is 12.1 Å². The predicted octanol–water partition coefficient (Wildman–Crippen LogP) is 2.02. The van der Waals surface area contributed by atoms with Crippen molar-refractivity contribution < 1.29 is 18.0 Å². The van der Waals surface area contributed by atoms with Crippen LogP contribution in [0.4, 0.5) is 13.2 Å². The van der Waals surface area contributed by atoms with E-state index in [1.54, 1.807) is 4.90 Å². The second-order valence-electron chi connectivity index (χ2n) is 5.31. The van der Waals surface area contributed by atoms with Crippen molar-refractivity contribution in [3.8, 4) is 0 Å². The van der Waals surface area contributed by atoms with Crippen LogP contribution in [0.3, 0.4) is 0 Å². The summed E-state index contributed by atoms with van der Waals surface area (Å²) in [7, 11) is 0. The quantitative estimate of drug-likeness (QED) is 0.776. The Morgan fingerprint density at radius 3 is 2.05 bits per heavy atom. The monoisotopic (exact) mass is 284 g/mol. The lowest BCUT2D eigenvalue weighted by molar-refractivity contribution is 0.0626. The minimum Gasteiger partial charge on any atom is -0.336 e. The molecule has 1 aliphatic carbocycles. The topological polar surface area (TPSA) is 23.6 Å². The highest BCUT2D eigenvalue weighted by molar-refractivity contribution is 5.94. The molecule has 0 bridgehead atoms. The van der Waals surface area contributed by atoms with Crippen LogP contribution in [-0.4, -0.2) is 47.9 Å². The van der Waals surface area contributed by atoms with Crippen LogP contribution < -0.4 is 0 Å². The second-order valence-corrected chi connectivity index (χ2v) is 5.31. The van der Waals surface area contributed by atoms with Gasteiger partial charge in [-0.2, -0.15) is 0 Å². The molecule has 1 amide bonds. The number of halogens is 3. The molecule has 0 atom stereocenters. The number of amides is 1. The van der Waals surface area contributed by atoms with Crippen LogP contribution in [-0.2, 0) is 0 Å². The highest BCUT2D eigenvalue weighted by Crippen LogP contribution is 2.27. The van der Waals surface area contributed by atoms with Crippen molar-refractivity contribution >= 4 is 5.91 Å². The number of piperazine rings is 1. The van der Waals surface area contributed by atoms with Gasteiger partial charge >= 0.3 is 0 Å². The van der Waals surface area contributed by atoms with Gasteiger partial charge in [0.25, 0.3) is 5.91 Å². The first-order chi connectivity index (χ1) is 9.56. The maximum absolute atomic E-state index is 13.1. The summed E-state index contributed by atoms with van der Waals surface area (Å²) in [6.07, 6.45) is 2.42. The maximum atomic E-state index is 13.1. The van der Waals surface area contributed by atoms with E-state index >= 15 is 0 Å². The first-order valence-electron chi connectivity index (χ1n) is 6.74. The third-order valence-corrected chi connectivity index (χ3v) is 3.90. The molecule has 1 aromatic rings. The molecule has 1 heterocycles. The largest absolute Gasteiger partial charge is 0.336 e. The molecule has 3 nitrogen and oxygen atoms in total. The molecular formula is C14H15F3N2O. The van der Waals surface area contributed by atoms with E-state index in [0.29, 0.717) is 19.1 Å². The average molecular weight is 284 g/mol. The molecule has 0 aromatic heterocycles. The Morgan fingerprint density at radius 2 is 1.55 bits per heavy atom. The highest BCUT2D eigenvalue weighted by Gasteiger charge is 2.32. The molecule has 108 valence electrons. The van der Waals surface area contributed by atoms with Gasteiger partial charge in [-0.05, 0) is 25.0 Å². The Bertz CT molecular complexity index is 514. The first kappa shape index (κ1) is 13.4. The molecule has 0 radical (unpaired) electrons. The van der Waals surface area contributed by atoms with Crippen LogP contribution in [0.1, 0.15) is 23.2 Å². The normalized spacial score (nSPS) is 20.2. The van der Waals surface area contributed by atoms with E-state index in [2.05, 4.69) is 4.90 Å². The van der Waals surface area contributed by atoms with Crippen LogP contribution in [0.25, 0.3) is 0 Å². The molecule has 0 N–H and O–H groups in total. The zero-order valence-electron chi connectivity index (χ0n) is 10.9. The van der Waals surface area contributed by atoms with Crippen molar-refractivity contribution in [3.63, 3.8) is 0 Å². The lowest BCUT2D eigenvalue weighted by atomic mass is 10.1. The van der Waals surface area contributed by atoms with Crippen molar-refractivity contribution in [2.24, 2.45) is 0 Å². The predicted molar refractivity (Wildman–Crippen MR) is 66.8 cm³/mol. The minimum atomic E-state index is -1.54. The molecule has 1 aliphatic heterocycles. The van der Waals surface area contributed by atoms with Crippen LogP contribution in [0.2, 0.25) is 0 Å². The van der Waals surface area contributed by atoms with E-state index in [1.807, 2.05) is 0 Å². The number of benzene rings is 1. The van der Waals surface area contributed by atoms with Gasteiger partial charge in [0, 0.05) is 37.8 Å². The average Bonchev–Trinajstić information content (AvgIpc) is 3.28. The highest BCUT2D eigenvalue weighted by atomic mass is 19.2. The molecule has 2 fully saturated rings. The summed E-state index contributed by atoms with van der Waals surface area (Å²) in [5.41, 5.74) is -0.138. The smallest absolute Gasteiger partial charge is 0.254 e. The van der Waals surface area contributed by atoms with Crippen molar-refractivity contribution in [1.82, 2.24) is 9.80 Å². The lowest BCUT2D eigenvalue weighted by Gasteiger charge is -2.34. The number of hydrogen-bond acceptors (Lipinski definition) is 2. The summed E-state index contributed by atoms with van der Waals surface area (Å²) in [6.45, 7) is 2.64. The molecule has 1 saturated carbocycles. The summed E-state index contributed by atoms with van der Waals surface area (Å²) < 4.78 is 39.2. The van der Waals surface area contributed by atoms with E-state index < -0.39 is 23.4 Å². The fourth-order valence-electron chi connectivity index (χ4n) is 2.59. The van der Waals surface area contributed by atoms with Crippen molar-refractivity contribution in [3.05, 3.63) is 35.1 Å². The van der Waals surface area contributed by atoms with Gasteiger partial charge in [-0.3, -0.25) is 9.69 Å². The van der Waals surface area contributed by atoms with Gasteiger partial charge < -0.3 is 4.90 Å².